The number of hydrogen-bond donors (Lipinski definition) is 1. The van der Waals surface area contributed by atoms with Gasteiger partial charge in [0.25, 0.3) is 0 Å². The van der Waals surface area contributed by atoms with Crippen molar-refractivity contribution >= 4 is 21.6 Å². The van der Waals surface area contributed by atoms with Crippen LogP contribution in [0.25, 0.3) is 11.1 Å². The molecule has 3 rings (SSSR count). The second-order valence-corrected chi connectivity index (χ2v) is 7.10. The Kier molecular flexibility index (Phi) is 4.16. The highest BCUT2D eigenvalue weighted by molar-refractivity contribution is 7.94. The zero-order valence-electron chi connectivity index (χ0n) is 12.2. The zero-order valence-corrected chi connectivity index (χ0v) is 13.0. The first-order valence-electron chi connectivity index (χ1n) is 7.06. The van der Waals surface area contributed by atoms with Crippen molar-refractivity contribution in [1.29, 1.82) is 0 Å². The molecule has 1 unspecified atom stereocenters. The largest absolute Gasteiger partial charge is 0.441 e. The number of benzene rings is 2. The van der Waals surface area contributed by atoms with Crippen LogP contribution in [0.1, 0.15) is 0 Å². The summed E-state index contributed by atoms with van der Waals surface area (Å²) in [5, 5.41) is 3.65. The minimum absolute atomic E-state index is 0.201. The maximum absolute atomic E-state index is 11.8. The fourth-order valence-electron chi connectivity index (χ4n) is 2.28. The molecule has 1 N–H and O–H groups in total. The van der Waals surface area contributed by atoms with Crippen molar-refractivity contribution in [2.75, 3.05) is 11.1 Å². The molecule has 0 spiro atoms. The molecule has 2 aromatic carbocycles. The number of hydrogen-bond acceptors (Lipinski definition) is 4. The molecule has 0 saturated carbocycles. The summed E-state index contributed by atoms with van der Waals surface area (Å²) in [4.78, 5) is 11.8. The Balaban J connectivity index is 1.60. The first-order chi connectivity index (χ1) is 11.0. The maximum atomic E-state index is 11.8. The summed E-state index contributed by atoms with van der Waals surface area (Å²) in [6, 6.07) is 17.2. The van der Waals surface area contributed by atoms with E-state index in [1.165, 1.54) is 6.08 Å². The van der Waals surface area contributed by atoms with Crippen molar-refractivity contribution in [3.8, 4) is 11.1 Å². The van der Waals surface area contributed by atoms with Crippen LogP contribution in [0.3, 0.4) is 0 Å². The van der Waals surface area contributed by atoms with Crippen molar-refractivity contribution in [2.24, 2.45) is 0 Å². The summed E-state index contributed by atoms with van der Waals surface area (Å²) in [6.07, 6.45) is -0.0410. The van der Waals surface area contributed by atoms with Gasteiger partial charge in [0.15, 0.2) is 9.84 Å². The number of rotatable bonds is 3. The van der Waals surface area contributed by atoms with E-state index in [1.54, 1.807) is 12.1 Å². The Bertz CT molecular complexity index is 827. The first kappa shape index (κ1) is 15.3. The lowest BCUT2D eigenvalue weighted by molar-refractivity contribution is 0.144. The van der Waals surface area contributed by atoms with Crippen LogP contribution in [0, 0.1) is 0 Å². The van der Waals surface area contributed by atoms with Crippen LogP contribution in [0.15, 0.2) is 66.1 Å². The number of carbonyl (C=O) groups excluding carboxylic acids is 1. The Labute approximate surface area is 134 Å². The van der Waals surface area contributed by atoms with E-state index in [1.807, 2.05) is 42.5 Å². The van der Waals surface area contributed by atoms with Crippen molar-refractivity contribution in [3.05, 3.63) is 66.1 Å². The monoisotopic (exact) mass is 329 g/mol. The van der Waals surface area contributed by atoms with Gasteiger partial charge in [0.05, 0.1) is 5.75 Å². The molecule has 0 bridgehead atoms. The van der Waals surface area contributed by atoms with E-state index < -0.39 is 22.0 Å². The van der Waals surface area contributed by atoms with Crippen LogP contribution in [0.4, 0.5) is 10.5 Å². The third kappa shape index (κ3) is 3.98. The van der Waals surface area contributed by atoms with Crippen LogP contribution < -0.4 is 5.32 Å². The predicted molar refractivity (Wildman–Crippen MR) is 88.7 cm³/mol. The van der Waals surface area contributed by atoms with Crippen LogP contribution in [-0.4, -0.2) is 26.4 Å². The second kappa shape index (κ2) is 6.26. The highest BCUT2D eigenvalue weighted by Gasteiger charge is 2.24. The third-order valence-electron chi connectivity index (χ3n) is 3.39. The lowest BCUT2D eigenvalue weighted by Gasteiger charge is -2.11. The van der Waals surface area contributed by atoms with Gasteiger partial charge in [-0.1, -0.05) is 42.5 Å². The fourth-order valence-corrected chi connectivity index (χ4v) is 3.44. The highest BCUT2D eigenvalue weighted by Crippen LogP contribution is 2.21. The molecule has 2 aromatic rings. The van der Waals surface area contributed by atoms with Gasteiger partial charge in [0.1, 0.15) is 6.10 Å². The summed E-state index contributed by atoms with van der Waals surface area (Å²) in [5.41, 5.74) is 2.71. The van der Waals surface area contributed by atoms with Crippen molar-refractivity contribution in [1.82, 2.24) is 0 Å². The average Bonchev–Trinajstić information content (AvgIpc) is 2.87. The summed E-state index contributed by atoms with van der Waals surface area (Å²) >= 11 is 0. The predicted octanol–water partition coefficient (Wildman–Crippen LogP) is 3.21. The van der Waals surface area contributed by atoms with Gasteiger partial charge < -0.3 is 4.74 Å². The molecular weight excluding hydrogens is 314 g/mol. The fraction of sp³-hybridized carbons (Fsp3) is 0.118. The standard InChI is InChI=1S/C17H15NO4S/c19-17(22-16-10-11-23(20,21)12-16)18-15-8-6-14(7-9-15)13-4-2-1-3-5-13/h1-11,16H,12H2,(H,18,19). The molecule has 6 heteroatoms. The molecular formula is C17H15NO4S. The summed E-state index contributed by atoms with van der Waals surface area (Å²) in [6.45, 7) is 0. The average molecular weight is 329 g/mol. The normalized spacial score (nSPS) is 18.5. The molecule has 0 aliphatic carbocycles. The van der Waals surface area contributed by atoms with Crippen LogP contribution >= 0.6 is 0 Å². The molecule has 118 valence electrons. The Morgan fingerprint density at radius 1 is 1.00 bits per heavy atom. The smallest absolute Gasteiger partial charge is 0.412 e. The first-order valence-corrected chi connectivity index (χ1v) is 8.77. The molecule has 1 heterocycles. The van der Waals surface area contributed by atoms with E-state index in [-0.39, 0.29) is 5.75 Å². The summed E-state index contributed by atoms with van der Waals surface area (Å²) < 4.78 is 27.6. The van der Waals surface area contributed by atoms with Gasteiger partial charge in [0, 0.05) is 11.1 Å². The number of amides is 1. The van der Waals surface area contributed by atoms with Crippen molar-refractivity contribution < 1.29 is 17.9 Å². The molecule has 0 saturated heterocycles. The highest BCUT2D eigenvalue weighted by atomic mass is 32.2. The number of sulfone groups is 1. The third-order valence-corrected chi connectivity index (χ3v) is 4.76. The number of anilines is 1. The van der Waals surface area contributed by atoms with Crippen molar-refractivity contribution in [3.63, 3.8) is 0 Å². The molecule has 0 fully saturated rings. The molecule has 1 aliphatic heterocycles. The molecule has 1 atom stereocenters. The lowest BCUT2D eigenvalue weighted by Crippen LogP contribution is -2.23. The Morgan fingerprint density at radius 3 is 2.26 bits per heavy atom. The quantitative estimate of drug-likeness (QED) is 0.938. The van der Waals surface area contributed by atoms with E-state index in [0.29, 0.717) is 5.69 Å². The zero-order chi connectivity index (χ0) is 16.3. The second-order valence-electron chi connectivity index (χ2n) is 5.17. The van der Waals surface area contributed by atoms with Crippen LogP contribution in [-0.2, 0) is 14.6 Å². The molecule has 1 aliphatic rings. The van der Waals surface area contributed by atoms with Gasteiger partial charge in [-0.15, -0.1) is 0 Å². The minimum Gasteiger partial charge on any atom is -0.441 e. The molecule has 0 radical (unpaired) electrons. The van der Waals surface area contributed by atoms with Crippen LogP contribution in [0.2, 0.25) is 0 Å². The van der Waals surface area contributed by atoms with Crippen molar-refractivity contribution in [2.45, 2.75) is 6.10 Å². The summed E-state index contributed by atoms with van der Waals surface area (Å²) in [7, 11) is -3.24. The van der Waals surface area contributed by atoms with Crippen LogP contribution in [0.5, 0.6) is 0 Å². The van der Waals surface area contributed by atoms with E-state index >= 15 is 0 Å². The van der Waals surface area contributed by atoms with E-state index in [4.69, 9.17) is 4.74 Å². The molecule has 1 amide bonds. The summed E-state index contributed by atoms with van der Waals surface area (Å²) in [5.74, 6) is -0.201. The maximum Gasteiger partial charge on any atom is 0.412 e. The number of carbonyl (C=O) groups is 1. The molecule has 5 nitrogen and oxygen atoms in total. The lowest BCUT2D eigenvalue weighted by atomic mass is 10.1. The SMILES string of the molecule is O=C(Nc1ccc(-c2ccccc2)cc1)OC1C=CS(=O)(=O)C1. The van der Waals surface area contributed by atoms with Gasteiger partial charge in [-0.3, -0.25) is 5.32 Å². The number of ether oxygens (including phenoxy) is 1. The molecule has 23 heavy (non-hydrogen) atoms. The Morgan fingerprint density at radius 2 is 1.65 bits per heavy atom. The van der Waals surface area contributed by atoms with Gasteiger partial charge >= 0.3 is 6.09 Å². The Hall–Kier alpha value is -2.60. The van der Waals surface area contributed by atoms with E-state index in [9.17, 15) is 13.2 Å². The topological polar surface area (TPSA) is 72.5 Å². The van der Waals surface area contributed by atoms with Gasteiger partial charge in [-0.05, 0) is 29.3 Å². The van der Waals surface area contributed by atoms with Gasteiger partial charge in [-0.2, -0.15) is 0 Å². The molecule has 0 aromatic heterocycles. The number of nitrogens with one attached hydrogen (secondary N) is 1. The minimum atomic E-state index is -3.24. The van der Waals surface area contributed by atoms with E-state index in [0.717, 1.165) is 16.5 Å². The van der Waals surface area contributed by atoms with Gasteiger partial charge in [-0.25, -0.2) is 13.2 Å². The van der Waals surface area contributed by atoms with Gasteiger partial charge in [0.2, 0.25) is 0 Å². The van der Waals surface area contributed by atoms with E-state index in [2.05, 4.69) is 5.32 Å².